The maximum Gasteiger partial charge on any atom is 0.252 e. The predicted molar refractivity (Wildman–Crippen MR) is 297 cm³/mol. The first-order chi connectivity index (χ1) is 31.6. The highest BCUT2D eigenvalue weighted by Crippen LogP contribution is 2.62. The summed E-state index contributed by atoms with van der Waals surface area (Å²) in [7, 11) is 0. The van der Waals surface area contributed by atoms with E-state index >= 15 is 0 Å². The molecule has 2 atom stereocenters. The number of fused-ring (bicyclic) bond motifs is 7. The summed E-state index contributed by atoms with van der Waals surface area (Å²) in [5, 5.41) is 0. The van der Waals surface area contributed by atoms with Gasteiger partial charge >= 0.3 is 0 Å². The molecule has 6 aromatic carbocycles. The average Bonchev–Trinajstić information content (AvgIpc) is 3.47. The van der Waals surface area contributed by atoms with E-state index < -0.39 is 0 Å². The molecule has 10 rings (SSSR count). The molecule has 6 aromatic rings. The normalized spacial score (nSPS) is 20.2. The Morgan fingerprint density at radius 1 is 0.382 bits per heavy atom. The van der Waals surface area contributed by atoms with Crippen molar-refractivity contribution in [2.24, 2.45) is 0 Å². The minimum Gasteiger partial charge on any atom is -0.334 e. The molecule has 352 valence electrons. The molecule has 4 heteroatoms. The summed E-state index contributed by atoms with van der Waals surface area (Å²) in [5.41, 5.74) is 22.6. The molecule has 3 aliphatic heterocycles. The highest BCUT2D eigenvalue weighted by Gasteiger charge is 2.58. The first-order valence-electron chi connectivity index (χ1n) is 25.8. The summed E-state index contributed by atoms with van der Waals surface area (Å²) in [6, 6.07) is 46.5. The minimum atomic E-state index is -0.103. The third kappa shape index (κ3) is 7.19. The zero-order valence-corrected chi connectivity index (χ0v) is 44.7. The lowest BCUT2D eigenvalue weighted by Gasteiger charge is -2.51. The van der Waals surface area contributed by atoms with E-state index in [0.717, 1.165) is 6.42 Å². The van der Waals surface area contributed by atoms with Gasteiger partial charge in [-0.1, -0.05) is 178 Å². The van der Waals surface area contributed by atoms with Crippen LogP contribution in [0.15, 0.2) is 115 Å². The van der Waals surface area contributed by atoms with Gasteiger partial charge in [0, 0.05) is 50.9 Å². The van der Waals surface area contributed by atoms with E-state index in [1.807, 2.05) is 0 Å². The van der Waals surface area contributed by atoms with Crippen LogP contribution in [-0.2, 0) is 32.5 Å². The third-order valence-corrected chi connectivity index (χ3v) is 17.0. The fraction of sp³-hybridized carbons (Fsp3) is 0.438. The van der Waals surface area contributed by atoms with Gasteiger partial charge in [0.25, 0.3) is 6.71 Å². The molecule has 0 spiro atoms. The van der Waals surface area contributed by atoms with Gasteiger partial charge in [0.1, 0.15) is 0 Å². The molecule has 1 saturated carbocycles. The summed E-state index contributed by atoms with van der Waals surface area (Å²) in [4.78, 5) is 8.03. The van der Waals surface area contributed by atoms with Gasteiger partial charge in [0.2, 0.25) is 0 Å². The lowest BCUT2D eigenvalue weighted by Crippen LogP contribution is -2.61. The molecule has 4 aliphatic rings. The second kappa shape index (κ2) is 15.1. The van der Waals surface area contributed by atoms with Gasteiger partial charge in [0.15, 0.2) is 0 Å². The van der Waals surface area contributed by atoms with E-state index in [1.54, 1.807) is 0 Å². The van der Waals surface area contributed by atoms with Crippen LogP contribution in [0.4, 0.5) is 45.5 Å². The van der Waals surface area contributed by atoms with Gasteiger partial charge in [-0.05, 0) is 157 Å². The van der Waals surface area contributed by atoms with Crippen LogP contribution >= 0.6 is 0 Å². The lowest BCUT2D eigenvalue weighted by atomic mass is 9.33. The van der Waals surface area contributed by atoms with E-state index in [4.69, 9.17) is 0 Å². The van der Waals surface area contributed by atoms with Crippen LogP contribution in [0.3, 0.4) is 0 Å². The number of anilines is 8. The van der Waals surface area contributed by atoms with Crippen molar-refractivity contribution in [3.8, 4) is 0 Å². The van der Waals surface area contributed by atoms with E-state index in [1.165, 1.54) is 115 Å². The minimum absolute atomic E-state index is 0.0201. The van der Waals surface area contributed by atoms with Gasteiger partial charge in [-0.2, -0.15) is 0 Å². The molecule has 0 bridgehead atoms. The van der Waals surface area contributed by atoms with Crippen molar-refractivity contribution < 1.29 is 0 Å². The van der Waals surface area contributed by atoms with Crippen molar-refractivity contribution in [1.82, 2.24) is 0 Å². The van der Waals surface area contributed by atoms with E-state index in [9.17, 15) is 0 Å². The molecule has 1 fully saturated rings. The molecule has 0 N–H and O–H groups in total. The Bertz CT molecular complexity index is 2960. The molecule has 0 aromatic heterocycles. The van der Waals surface area contributed by atoms with Gasteiger partial charge in [0.05, 0.1) is 5.54 Å². The summed E-state index contributed by atoms with van der Waals surface area (Å²) in [6.45, 7) is 40.4. The summed E-state index contributed by atoms with van der Waals surface area (Å²) >= 11 is 0. The van der Waals surface area contributed by atoms with Gasteiger partial charge in [-0.3, -0.25) is 0 Å². The number of benzene rings is 6. The molecular formula is C64H78BN3. The summed E-state index contributed by atoms with van der Waals surface area (Å²) in [5.74, 6) is 0. The number of rotatable bonds is 3. The van der Waals surface area contributed by atoms with Crippen molar-refractivity contribution in [1.29, 1.82) is 0 Å². The molecule has 0 radical (unpaired) electrons. The average molecular weight is 900 g/mol. The van der Waals surface area contributed by atoms with Crippen LogP contribution < -0.4 is 31.1 Å². The molecule has 3 nitrogen and oxygen atoms in total. The largest absolute Gasteiger partial charge is 0.334 e. The maximum absolute atomic E-state index is 2.79. The summed E-state index contributed by atoms with van der Waals surface area (Å²) in [6.07, 6.45) is 4.88. The summed E-state index contributed by atoms with van der Waals surface area (Å²) < 4.78 is 0. The molecular weight excluding hydrogens is 822 g/mol. The molecule has 1 aliphatic carbocycles. The quantitative estimate of drug-likeness (QED) is 0.164. The van der Waals surface area contributed by atoms with Crippen LogP contribution in [0.5, 0.6) is 0 Å². The van der Waals surface area contributed by atoms with Crippen LogP contribution in [0.25, 0.3) is 0 Å². The first-order valence-corrected chi connectivity index (χ1v) is 25.8. The fourth-order valence-electron chi connectivity index (χ4n) is 12.4. The first kappa shape index (κ1) is 46.5. The fourth-order valence-corrected chi connectivity index (χ4v) is 12.4. The standard InChI is InChI=1S/C64H78BN3/c1-58(2,3)41-20-26-46(27-21-41)66-53-33-25-44(61(10,11)12)37-51(53)65-50-31-30-48(68-52-32-24-43(60(7,8)9)36-49(52)63(16)34-18-19-35-64(63,68)17)40-54(50)67(47-28-22-42(23-29-47)59(4,5)6)56-39-45(62(13,14)15)38-55(66)57(56)65/h20-33,36-40H,18-19,34-35H2,1-17H3. The second-order valence-corrected chi connectivity index (χ2v) is 26.8. The monoisotopic (exact) mass is 900 g/mol. The SMILES string of the molecule is CC(C)(C)c1ccc(N2c3ccc(C(C)(C)C)cc3B3c4ccc(N5c6ccc(C(C)(C)C)cc6C6(C)CCCCC56C)cc4N(c4ccc(C(C)(C)C)cc4)c4cc(C(C)(C)C)cc2c43)cc1. The lowest BCUT2D eigenvalue weighted by molar-refractivity contribution is 0.195. The Hall–Kier alpha value is -5.22. The number of hydrogen-bond acceptors (Lipinski definition) is 3. The Morgan fingerprint density at radius 3 is 1.34 bits per heavy atom. The van der Waals surface area contributed by atoms with Crippen molar-refractivity contribution in [3.05, 3.63) is 149 Å². The molecule has 0 saturated heterocycles. The molecule has 2 unspecified atom stereocenters. The van der Waals surface area contributed by atoms with Crippen molar-refractivity contribution in [2.45, 2.75) is 181 Å². The van der Waals surface area contributed by atoms with E-state index in [0.29, 0.717) is 0 Å². The van der Waals surface area contributed by atoms with Gasteiger partial charge < -0.3 is 14.7 Å². The van der Waals surface area contributed by atoms with Crippen LogP contribution in [0.2, 0.25) is 0 Å². The Kier molecular flexibility index (Phi) is 10.4. The third-order valence-electron chi connectivity index (χ3n) is 17.0. The van der Waals surface area contributed by atoms with E-state index in [-0.39, 0.29) is 44.7 Å². The van der Waals surface area contributed by atoms with E-state index in [2.05, 4.69) is 248 Å². The van der Waals surface area contributed by atoms with Gasteiger partial charge in [-0.25, -0.2) is 0 Å². The number of nitrogens with zero attached hydrogens (tertiary/aromatic N) is 3. The van der Waals surface area contributed by atoms with Crippen molar-refractivity contribution in [3.63, 3.8) is 0 Å². The Labute approximate surface area is 411 Å². The molecule has 3 heterocycles. The number of hydrogen-bond donors (Lipinski definition) is 0. The maximum atomic E-state index is 2.79. The van der Waals surface area contributed by atoms with Crippen LogP contribution in [0, 0.1) is 0 Å². The molecule has 68 heavy (non-hydrogen) atoms. The van der Waals surface area contributed by atoms with Crippen molar-refractivity contribution >= 4 is 68.6 Å². The zero-order valence-electron chi connectivity index (χ0n) is 44.7. The zero-order chi connectivity index (χ0) is 48.9. The van der Waals surface area contributed by atoms with Crippen LogP contribution in [0.1, 0.15) is 177 Å². The van der Waals surface area contributed by atoms with Gasteiger partial charge in [-0.15, -0.1) is 0 Å². The van der Waals surface area contributed by atoms with Crippen LogP contribution in [-0.4, -0.2) is 12.3 Å². The van der Waals surface area contributed by atoms with Crippen molar-refractivity contribution in [2.75, 3.05) is 14.7 Å². The highest BCUT2D eigenvalue weighted by atomic mass is 15.3. The topological polar surface area (TPSA) is 9.72 Å². The second-order valence-electron chi connectivity index (χ2n) is 26.8. The predicted octanol–water partition coefficient (Wildman–Crippen LogP) is 16.0. The highest BCUT2D eigenvalue weighted by molar-refractivity contribution is 7.00. The Morgan fingerprint density at radius 2 is 0.824 bits per heavy atom. The molecule has 0 amide bonds. The Balaban J connectivity index is 1.28. The smallest absolute Gasteiger partial charge is 0.252 e.